The number of aliphatic hydroxyl groups excluding tert-OH is 2. The van der Waals surface area contributed by atoms with Crippen LogP contribution in [0, 0.1) is 0 Å². The van der Waals surface area contributed by atoms with Crippen molar-refractivity contribution in [2.24, 2.45) is 0 Å². The van der Waals surface area contributed by atoms with Gasteiger partial charge in [-0.25, -0.2) is 24.1 Å². The molecule has 0 radical (unpaired) electrons. The molecule has 1 saturated heterocycles. The zero-order chi connectivity index (χ0) is 20.0. The van der Waals surface area contributed by atoms with Gasteiger partial charge in [0, 0.05) is 0 Å². The summed E-state index contributed by atoms with van der Waals surface area (Å²) in [4.78, 5) is 38.1. The Kier molecular flexibility index (Phi) is 5.35. The summed E-state index contributed by atoms with van der Waals surface area (Å²) >= 11 is 0. The predicted molar refractivity (Wildman–Crippen MR) is 84.6 cm³/mol. The molecule has 2 aromatic heterocycles. The van der Waals surface area contributed by atoms with Gasteiger partial charge in [0.05, 0.1) is 12.9 Å². The molecule has 1 fully saturated rings. The Labute approximate surface area is 150 Å². The number of hydrogen-bond donors (Lipinski definition) is 6. The molecule has 3 rings (SSSR count). The van der Waals surface area contributed by atoms with Crippen LogP contribution < -0.4 is 5.73 Å². The molecule has 0 aliphatic carbocycles. The summed E-state index contributed by atoms with van der Waals surface area (Å²) in [6.07, 6.45) is -3.20. The minimum Gasteiger partial charge on any atom is -0.387 e. The average Bonchev–Trinajstić information content (AvgIpc) is 3.07. The lowest BCUT2D eigenvalue weighted by molar-refractivity contribution is -0.0503. The second kappa shape index (κ2) is 7.14. The van der Waals surface area contributed by atoms with Crippen LogP contribution >= 0.6 is 15.6 Å². The molecule has 0 amide bonds. The first kappa shape index (κ1) is 20.2. The van der Waals surface area contributed by atoms with Crippen molar-refractivity contribution in [2.75, 3.05) is 12.3 Å². The lowest BCUT2D eigenvalue weighted by Crippen LogP contribution is -2.33. The Morgan fingerprint density at radius 2 is 1.89 bits per heavy atom. The van der Waals surface area contributed by atoms with Gasteiger partial charge in [-0.2, -0.15) is 4.31 Å². The maximum Gasteiger partial charge on any atom is 0.481 e. The highest BCUT2D eigenvalue weighted by Crippen LogP contribution is 2.57. The zero-order valence-electron chi connectivity index (χ0n) is 13.2. The van der Waals surface area contributed by atoms with Crippen LogP contribution in [0.15, 0.2) is 12.7 Å². The number of ether oxygens (including phenoxy) is 1. The minimum atomic E-state index is -5.29. The van der Waals surface area contributed by atoms with Gasteiger partial charge >= 0.3 is 15.6 Å². The molecule has 150 valence electrons. The standard InChI is InChI=1S/C10H15N5O10P2/c11-8-5-9(13-2-12-8)15(3-14-5)10-7(17)6(16)4(24-10)1-23-27(21,22)25-26(18,19)20/h2-4,6-7,10,16-17H,1H2,(H,21,22)(H2,11,12,13)(H2,18,19,20)/t4-,6+,7+,10+/m1/s1. The van der Waals surface area contributed by atoms with E-state index in [9.17, 15) is 24.2 Å². The van der Waals surface area contributed by atoms with Crippen LogP contribution in [0.3, 0.4) is 0 Å². The number of fused-ring (bicyclic) bond motifs is 1. The fourth-order valence-electron chi connectivity index (χ4n) is 2.48. The van der Waals surface area contributed by atoms with Gasteiger partial charge < -0.3 is 35.4 Å². The topological polar surface area (TPSA) is 233 Å². The van der Waals surface area contributed by atoms with Crippen molar-refractivity contribution in [3.63, 3.8) is 0 Å². The van der Waals surface area contributed by atoms with Crippen molar-refractivity contribution in [1.82, 2.24) is 19.5 Å². The monoisotopic (exact) mass is 427 g/mol. The van der Waals surface area contributed by atoms with E-state index in [1.165, 1.54) is 10.9 Å². The Hall–Kier alpha value is -1.51. The third-order valence-corrected chi connectivity index (χ3v) is 5.76. The lowest BCUT2D eigenvalue weighted by atomic mass is 10.1. The number of aromatic nitrogens is 4. The van der Waals surface area contributed by atoms with E-state index >= 15 is 0 Å². The molecule has 5 atom stereocenters. The Morgan fingerprint density at radius 3 is 2.56 bits per heavy atom. The van der Waals surface area contributed by atoms with Crippen molar-refractivity contribution in [3.05, 3.63) is 12.7 Å². The van der Waals surface area contributed by atoms with E-state index in [1.54, 1.807) is 0 Å². The maximum absolute atomic E-state index is 11.5. The first-order valence-corrected chi connectivity index (χ1v) is 10.2. The fourth-order valence-corrected chi connectivity index (χ4v) is 4.08. The molecule has 0 bridgehead atoms. The molecular weight excluding hydrogens is 412 g/mol. The number of rotatable bonds is 6. The largest absolute Gasteiger partial charge is 0.481 e. The number of nitrogens with two attached hydrogens (primary N) is 1. The smallest absolute Gasteiger partial charge is 0.387 e. The summed E-state index contributed by atoms with van der Waals surface area (Å²) in [6.45, 7) is -0.813. The Balaban J connectivity index is 1.75. The molecule has 0 aromatic carbocycles. The summed E-state index contributed by atoms with van der Waals surface area (Å²) in [5, 5.41) is 20.3. The summed E-state index contributed by atoms with van der Waals surface area (Å²) in [5.74, 6) is 0.0856. The van der Waals surface area contributed by atoms with E-state index in [-0.39, 0.29) is 17.0 Å². The summed E-state index contributed by atoms with van der Waals surface area (Å²) in [6, 6.07) is 0. The van der Waals surface area contributed by atoms with E-state index in [0.717, 1.165) is 6.33 Å². The van der Waals surface area contributed by atoms with Gasteiger partial charge in [-0.05, 0) is 0 Å². The first-order chi connectivity index (χ1) is 12.5. The van der Waals surface area contributed by atoms with Crippen LogP contribution in [0.1, 0.15) is 6.23 Å². The highest BCUT2D eigenvalue weighted by Gasteiger charge is 2.46. The van der Waals surface area contributed by atoms with Gasteiger partial charge in [0.2, 0.25) is 0 Å². The van der Waals surface area contributed by atoms with Gasteiger partial charge in [0.25, 0.3) is 0 Å². The number of aliphatic hydroxyl groups is 2. The number of phosphoric ester groups is 1. The second-order valence-corrected chi connectivity index (χ2v) is 8.30. The quantitative estimate of drug-likeness (QED) is 0.281. The normalized spacial score (nSPS) is 28.5. The number of anilines is 1. The minimum absolute atomic E-state index is 0.0856. The highest BCUT2D eigenvalue weighted by molar-refractivity contribution is 7.60. The third-order valence-electron chi connectivity index (χ3n) is 3.61. The second-order valence-electron chi connectivity index (χ2n) is 5.47. The molecule has 15 nitrogen and oxygen atoms in total. The van der Waals surface area contributed by atoms with Crippen molar-refractivity contribution in [2.45, 2.75) is 24.5 Å². The van der Waals surface area contributed by atoms with Crippen molar-refractivity contribution in [3.8, 4) is 0 Å². The van der Waals surface area contributed by atoms with Crippen molar-refractivity contribution in [1.29, 1.82) is 0 Å². The SMILES string of the molecule is Nc1ncnc2c1ncn2[C@H]1O[C@H](COP(=O)(O)OP(=O)(O)O)[C@H](O)[C@@H]1O. The number of hydrogen-bond acceptors (Lipinski definition) is 11. The van der Waals surface area contributed by atoms with Crippen LogP contribution in [0.2, 0.25) is 0 Å². The Morgan fingerprint density at radius 1 is 1.19 bits per heavy atom. The first-order valence-electron chi connectivity index (χ1n) is 7.17. The molecule has 27 heavy (non-hydrogen) atoms. The molecule has 1 aliphatic heterocycles. The Bertz CT molecular complexity index is 932. The van der Waals surface area contributed by atoms with Crippen LogP contribution in [-0.2, 0) is 22.7 Å². The van der Waals surface area contributed by atoms with Gasteiger partial charge in [0.15, 0.2) is 17.7 Å². The molecule has 3 heterocycles. The number of phosphoric acid groups is 2. The van der Waals surface area contributed by atoms with E-state index < -0.39 is 46.8 Å². The summed E-state index contributed by atoms with van der Waals surface area (Å²) < 4.78 is 36.8. The van der Waals surface area contributed by atoms with E-state index in [4.69, 9.17) is 20.3 Å². The molecule has 1 unspecified atom stereocenters. The molecule has 7 N–H and O–H groups in total. The summed E-state index contributed by atoms with van der Waals surface area (Å²) in [7, 11) is -10.4. The van der Waals surface area contributed by atoms with Crippen LogP contribution in [-0.4, -0.2) is 69.3 Å². The average molecular weight is 427 g/mol. The van der Waals surface area contributed by atoms with Crippen LogP contribution in [0.25, 0.3) is 11.2 Å². The van der Waals surface area contributed by atoms with Gasteiger partial charge in [-0.3, -0.25) is 9.09 Å². The fraction of sp³-hybridized carbons (Fsp3) is 0.500. The molecule has 2 aromatic rings. The van der Waals surface area contributed by atoms with Gasteiger partial charge in [0.1, 0.15) is 30.2 Å². The van der Waals surface area contributed by atoms with E-state index in [0.29, 0.717) is 0 Å². The molecule has 0 saturated carbocycles. The van der Waals surface area contributed by atoms with E-state index in [2.05, 4.69) is 23.8 Å². The van der Waals surface area contributed by atoms with Crippen molar-refractivity contribution >= 4 is 32.6 Å². The van der Waals surface area contributed by atoms with Gasteiger partial charge in [-0.15, -0.1) is 0 Å². The third kappa shape index (κ3) is 4.33. The van der Waals surface area contributed by atoms with Crippen LogP contribution in [0.5, 0.6) is 0 Å². The molecule has 17 heteroatoms. The molecular formula is C10H15N5O10P2. The van der Waals surface area contributed by atoms with Gasteiger partial charge in [-0.1, -0.05) is 0 Å². The predicted octanol–water partition coefficient (Wildman–Crippen LogP) is -1.75. The highest BCUT2D eigenvalue weighted by atomic mass is 31.3. The maximum atomic E-state index is 11.5. The zero-order valence-corrected chi connectivity index (χ0v) is 15.0. The van der Waals surface area contributed by atoms with E-state index in [1.807, 2.05) is 0 Å². The summed E-state index contributed by atoms with van der Waals surface area (Å²) in [5.41, 5.74) is 6.11. The number of imidazole rings is 1. The van der Waals surface area contributed by atoms with Crippen LogP contribution in [0.4, 0.5) is 5.82 Å². The molecule has 1 aliphatic rings. The van der Waals surface area contributed by atoms with Crippen molar-refractivity contribution < 1.29 is 47.6 Å². The molecule has 0 spiro atoms. The lowest BCUT2D eigenvalue weighted by Gasteiger charge is -2.17. The number of nitrogen functional groups attached to an aromatic ring is 1. The number of nitrogens with zero attached hydrogens (tertiary/aromatic N) is 4.